The standard InChI is InChI=1S/C12H13Br/c1-2-3-9-6-10-4-5-12(13)8-11(10)7-9/h4-5,7-8H,2-3,6H2,1H3. The zero-order valence-corrected chi connectivity index (χ0v) is 9.39. The molecule has 0 bridgehead atoms. The van der Waals surface area contributed by atoms with Gasteiger partial charge in [-0.25, -0.2) is 0 Å². The summed E-state index contributed by atoms with van der Waals surface area (Å²) in [6.07, 6.45) is 5.99. The van der Waals surface area contributed by atoms with E-state index in [4.69, 9.17) is 0 Å². The summed E-state index contributed by atoms with van der Waals surface area (Å²) in [6, 6.07) is 6.55. The molecule has 13 heavy (non-hydrogen) atoms. The first-order chi connectivity index (χ1) is 6.29. The zero-order valence-electron chi connectivity index (χ0n) is 7.81. The maximum Gasteiger partial charge on any atom is 0.0181 e. The third kappa shape index (κ3) is 1.86. The van der Waals surface area contributed by atoms with Crippen molar-refractivity contribution in [3.8, 4) is 0 Å². The molecule has 0 amide bonds. The van der Waals surface area contributed by atoms with E-state index in [1.54, 1.807) is 5.57 Å². The van der Waals surface area contributed by atoms with Crippen molar-refractivity contribution in [2.24, 2.45) is 0 Å². The quantitative estimate of drug-likeness (QED) is 0.723. The Hall–Kier alpha value is -0.560. The summed E-state index contributed by atoms with van der Waals surface area (Å²) in [6.45, 7) is 2.24. The number of benzene rings is 1. The number of hydrogen-bond acceptors (Lipinski definition) is 0. The molecule has 0 nitrogen and oxygen atoms in total. The molecule has 68 valence electrons. The summed E-state index contributed by atoms with van der Waals surface area (Å²) < 4.78 is 1.18. The lowest BCUT2D eigenvalue weighted by Gasteiger charge is -1.98. The van der Waals surface area contributed by atoms with Gasteiger partial charge < -0.3 is 0 Å². The summed E-state index contributed by atoms with van der Waals surface area (Å²) in [5, 5.41) is 0. The lowest BCUT2D eigenvalue weighted by molar-refractivity contribution is 0.886. The van der Waals surface area contributed by atoms with Gasteiger partial charge in [-0.3, -0.25) is 0 Å². The van der Waals surface area contributed by atoms with Gasteiger partial charge in [0.05, 0.1) is 0 Å². The van der Waals surface area contributed by atoms with Crippen molar-refractivity contribution in [3.05, 3.63) is 39.4 Å². The SMILES string of the molecule is CCCC1=Cc2cc(Br)ccc2C1. The average Bonchev–Trinajstić information content (AvgIpc) is 2.46. The van der Waals surface area contributed by atoms with Gasteiger partial charge >= 0.3 is 0 Å². The molecule has 2 rings (SSSR count). The fourth-order valence-corrected chi connectivity index (χ4v) is 2.24. The van der Waals surface area contributed by atoms with Crippen LogP contribution in [0.15, 0.2) is 28.2 Å². The van der Waals surface area contributed by atoms with Gasteiger partial charge in [-0.2, -0.15) is 0 Å². The first-order valence-corrected chi connectivity index (χ1v) is 5.57. The maximum absolute atomic E-state index is 3.49. The van der Waals surface area contributed by atoms with E-state index < -0.39 is 0 Å². The molecular formula is C12H13Br. The first-order valence-electron chi connectivity index (χ1n) is 4.77. The molecule has 0 heterocycles. The van der Waals surface area contributed by atoms with Crippen LogP contribution in [0.3, 0.4) is 0 Å². The molecule has 0 fully saturated rings. The maximum atomic E-state index is 3.49. The molecule has 1 aliphatic carbocycles. The van der Waals surface area contributed by atoms with Crippen LogP contribution in [0.4, 0.5) is 0 Å². The molecule has 1 aliphatic rings. The molecular weight excluding hydrogens is 224 g/mol. The van der Waals surface area contributed by atoms with Crippen molar-refractivity contribution < 1.29 is 0 Å². The number of hydrogen-bond donors (Lipinski definition) is 0. The van der Waals surface area contributed by atoms with Crippen molar-refractivity contribution in [1.82, 2.24) is 0 Å². The highest BCUT2D eigenvalue weighted by molar-refractivity contribution is 9.10. The number of halogens is 1. The normalized spacial score (nSPS) is 14.2. The van der Waals surface area contributed by atoms with Crippen LogP contribution < -0.4 is 0 Å². The second kappa shape index (κ2) is 3.67. The molecule has 0 aromatic heterocycles. The van der Waals surface area contributed by atoms with Gasteiger partial charge in [0.1, 0.15) is 0 Å². The van der Waals surface area contributed by atoms with E-state index in [2.05, 4.69) is 47.1 Å². The Morgan fingerprint density at radius 1 is 1.38 bits per heavy atom. The molecule has 1 heteroatoms. The topological polar surface area (TPSA) is 0 Å². The molecule has 0 spiro atoms. The molecule has 0 saturated carbocycles. The van der Waals surface area contributed by atoms with Gasteiger partial charge in [-0.1, -0.05) is 47.0 Å². The van der Waals surface area contributed by atoms with Crippen molar-refractivity contribution >= 4 is 22.0 Å². The minimum Gasteiger partial charge on any atom is -0.0652 e. The van der Waals surface area contributed by atoms with Gasteiger partial charge in [0.2, 0.25) is 0 Å². The fourth-order valence-electron chi connectivity index (χ4n) is 1.86. The van der Waals surface area contributed by atoms with Gasteiger partial charge in [-0.05, 0) is 36.1 Å². The Kier molecular flexibility index (Phi) is 2.54. The minimum absolute atomic E-state index is 1.16. The third-order valence-electron chi connectivity index (χ3n) is 2.46. The van der Waals surface area contributed by atoms with E-state index in [1.807, 2.05) is 0 Å². The largest absolute Gasteiger partial charge is 0.0652 e. The summed E-state index contributed by atoms with van der Waals surface area (Å²) >= 11 is 3.49. The average molecular weight is 237 g/mol. The van der Waals surface area contributed by atoms with E-state index in [-0.39, 0.29) is 0 Å². The fraction of sp³-hybridized carbons (Fsp3) is 0.333. The molecule has 0 radical (unpaired) electrons. The number of allylic oxidation sites excluding steroid dienone is 1. The van der Waals surface area contributed by atoms with Crippen LogP contribution in [0.5, 0.6) is 0 Å². The van der Waals surface area contributed by atoms with E-state index in [0.717, 1.165) is 6.42 Å². The third-order valence-corrected chi connectivity index (χ3v) is 2.95. The van der Waals surface area contributed by atoms with Gasteiger partial charge in [-0.15, -0.1) is 0 Å². The summed E-state index contributed by atoms with van der Waals surface area (Å²) in [7, 11) is 0. The van der Waals surface area contributed by atoms with E-state index in [0.29, 0.717) is 0 Å². The number of fused-ring (bicyclic) bond motifs is 1. The Morgan fingerprint density at radius 3 is 3.00 bits per heavy atom. The van der Waals surface area contributed by atoms with Gasteiger partial charge in [0.15, 0.2) is 0 Å². The van der Waals surface area contributed by atoms with Crippen molar-refractivity contribution in [2.75, 3.05) is 0 Å². The van der Waals surface area contributed by atoms with Crippen molar-refractivity contribution in [2.45, 2.75) is 26.2 Å². The molecule has 0 unspecified atom stereocenters. The highest BCUT2D eigenvalue weighted by Gasteiger charge is 2.11. The highest BCUT2D eigenvalue weighted by Crippen LogP contribution is 2.29. The van der Waals surface area contributed by atoms with E-state index in [9.17, 15) is 0 Å². The van der Waals surface area contributed by atoms with Crippen LogP contribution in [-0.2, 0) is 6.42 Å². The Bertz CT molecular complexity index is 350. The molecule has 0 saturated heterocycles. The second-order valence-electron chi connectivity index (χ2n) is 3.57. The van der Waals surface area contributed by atoms with Crippen LogP contribution in [0.25, 0.3) is 6.08 Å². The predicted molar refractivity (Wildman–Crippen MR) is 60.7 cm³/mol. The zero-order chi connectivity index (χ0) is 9.26. The van der Waals surface area contributed by atoms with Crippen LogP contribution in [0.1, 0.15) is 30.9 Å². The molecule has 0 atom stereocenters. The molecule has 0 N–H and O–H groups in total. The first kappa shape index (κ1) is 9.01. The van der Waals surface area contributed by atoms with E-state index in [1.165, 1.54) is 28.4 Å². The minimum atomic E-state index is 1.16. The lowest BCUT2D eigenvalue weighted by Crippen LogP contribution is -1.83. The van der Waals surface area contributed by atoms with Crippen molar-refractivity contribution in [1.29, 1.82) is 0 Å². The second-order valence-corrected chi connectivity index (χ2v) is 4.49. The molecule has 0 aliphatic heterocycles. The highest BCUT2D eigenvalue weighted by atomic mass is 79.9. The summed E-state index contributed by atoms with van der Waals surface area (Å²) in [5.41, 5.74) is 4.46. The van der Waals surface area contributed by atoms with Crippen LogP contribution in [-0.4, -0.2) is 0 Å². The summed E-state index contributed by atoms with van der Waals surface area (Å²) in [4.78, 5) is 0. The smallest absolute Gasteiger partial charge is 0.0181 e. The lowest BCUT2D eigenvalue weighted by atomic mass is 10.1. The number of rotatable bonds is 2. The Balaban J connectivity index is 2.27. The van der Waals surface area contributed by atoms with Crippen LogP contribution >= 0.6 is 15.9 Å². The Morgan fingerprint density at radius 2 is 2.23 bits per heavy atom. The van der Waals surface area contributed by atoms with Crippen LogP contribution in [0.2, 0.25) is 0 Å². The van der Waals surface area contributed by atoms with Crippen LogP contribution in [0, 0.1) is 0 Å². The summed E-state index contributed by atoms with van der Waals surface area (Å²) in [5.74, 6) is 0. The Labute approximate surface area is 87.8 Å². The predicted octanol–water partition coefficient (Wildman–Crippen LogP) is 4.19. The monoisotopic (exact) mass is 236 g/mol. The molecule has 1 aromatic carbocycles. The van der Waals surface area contributed by atoms with Gasteiger partial charge in [0, 0.05) is 4.47 Å². The molecule has 1 aromatic rings. The van der Waals surface area contributed by atoms with Gasteiger partial charge in [0.25, 0.3) is 0 Å². The van der Waals surface area contributed by atoms with E-state index >= 15 is 0 Å². The van der Waals surface area contributed by atoms with Crippen molar-refractivity contribution in [3.63, 3.8) is 0 Å².